The summed E-state index contributed by atoms with van der Waals surface area (Å²) in [7, 11) is 0. The number of anilines is 1. The van der Waals surface area contributed by atoms with Crippen molar-refractivity contribution in [3.05, 3.63) is 12.7 Å². The van der Waals surface area contributed by atoms with Crippen molar-refractivity contribution in [1.29, 1.82) is 0 Å². The summed E-state index contributed by atoms with van der Waals surface area (Å²) in [4.78, 5) is 12.4. The standard InChI is InChI=1S/C12H20N6/c1-12(2,6-13)4-3-5-18-8-17-9-10(14)15-7-16-11(9)18/h7-8H,3-6,13H2,1-2H3,(H2,14,15,16). The van der Waals surface area contributed by atoms with Crippen LogP contribution in [0.4, 0.5) is 5.82 Å². The Balaban J connectivity index is 2.07. The van der Waals surface area contributed by atoms with E-state index in [0.717, 1.165) is 25.0 Å². The van der Waals surface area contributed by atoms with Crippen LogP contribution in [-0.4, -0.2) is 26.1 Å². The Morgan fingerprint density at radius 1 is 1.28 bits per heavy atom. The molecule has 6 heteroatoms. The second-order valence-electron chi connectivity index (χ2n) is 5.34. The van der Waals surface area contributed by atoms with Gasteiger partial charge in [0.1, 0.15) is 11.8 Å². The monoisotopic (exact) mass is 248 g/mol. The fourth-order valence-electron chi connectivity index (χ4n) is 1.89. The Labute approximate surface area is 106 Å². The summed E-state index contributed by atoms with van der Waals surface area (Å²) in [6.45, 7) is 5.93. The number of hydrogen-bond acceptors (Lipinski definition) is 5. The molecule has 0 spiro atoms. The van der Waals surface area contributed by atoms with E-state index in [9.17, 15) is 0 Å². The van der Waals surface area contributed by atoms with Gasteiger partial charge < -0.3 is 16.0 Å². The first-order valence-corrected chi connectivity index (χ1v) is 6.15. The van der Waals surface area contributed by atoms with Gasteiger partial charge in [0.15, 0.2) is 11.5 Å². The van der Waals surface area contributed by atoms with E-state index in [2.05, 4.69) is 28.8 Å². The first-order valence-electron chi connectivity index (χ1n) is 6.15. The second-order valence-corrected chi connectivity index (χ2v) is 5.34. The first kappa shape index (κ1) is 12.8. The summed E-state index contributed by atoms with van der Waals surface area (Å²) in [6, 6.07) is 0. The normalized spacial score (nSPS) is 12.2. The van der Waals surface area contributed by atoms with Crippen LogP contribution in [0, 0.1) is 5.41 Å². The molecule has 0 aliphatic rings. The Bertz CT molecular complexity index is 530. The zero-order valence-electron chi connectivity index (χ0n) is 10.9. The molecule has 2 heterocycles. The molecular weight excluding hydrogens is 228 g/mol. The largest absolute Gasteiger partial charge is 0.382 e. The first-order chi connectivity index (χ1) is 8.53. The van der Waals surface area contributed by atoms with Crippen molar-refractivity contribution in [3.8, 4) is 0 Å². The van der Waals surface area contributed by atoms with E-state index in [4.69, 9.17) is 11.5 Å². The highest BCUT2D eigenvalue weighted by atomic mass is 15.1. The maximum Gasteiger partial charge on any atom is 0.165 e. The third kappa shape index (κ3) is 2.59. The minimum atomic E-state index is 0.185. The van der Waals surface area contributed by atoms with Crippen LogP contribution >= 0.6 is 0 Å². The van der Waals surface area contributed by atoms with E-state index in [-0.39, 0.29) is 5.41 Å². The molecule has 0 aliphatic heterocycles. The molecule has 0 saturated heterocycles. The number of fused-ring (bicyclic) bond motifs is 1. The van der Waals surface area contributed by atoms with Gasteiger partial charge in [-0.3, -0.25) is 0 Å². The molecule has 98 valence electrons. The number of aromatic nitrogens is 4. The van der Waals surface area contributed by atoms with Crippen LogP contribution < -0.4 is 11.5 Å². The maximum absolute atomic E-state index is 5.75. The number of imidazole rings is 1. The maximum atomic E-state index is 5.75. The Morgan fingerprint density at radius 2 is 2.06 bits per heavy atom. The van der Waals surface area contributed by atoms with Crippen LogP contribution in [0.25, 0.3) is 11.2 Å². The summed E-state index contributed by atoms with van der Waals surface area (Å²) in [5.41, 5.74) is 13.1. The molecule has 0 aromatic carbocycles. The Kier molecular flexibility index (Phi) is 3.47. The van der Waals surface area contributed by atoms with Crippen molar-refractivity contribution in [2.75, 3.05) is 12.3 Å². The summed E-state index contributed by atoms with van der Waals surface area (Å²) in [6.07, 6.45) is 5.36. The fourth-order valence-corrected chi connectivity index (χ4v) is 1.89. The molecule has 0 unspecified atom stereocenters. The van der Waals surface area contributed by atoms with Gasteiger partial charge in [-0.1, -0.05) is 13.8 Å². The number of rotatable bonds is 5. The summed E-state index contributed by atoms with van der Waals surface area (Å²) in [5.74, 6) is 0.432. The minimum Gasteiger partial charge on any atom is -0.382 e. The topological polar surface area (TPSA) is 95.6 Å². The van der Waals surface area contributed by atoms with Gasteiger partial charge >= 0.3 is 0 Å². The van der Waals surface area contributed by atoms with Gasteiger partial charge in [0.2, 0.25) is 0 Å². The minimum absolute atomic E-state index is 0.185. The molecule has 0 atom stereocenters. The third-order valence-electron chi connectivity index (χ3n) is 3.23. The summed E-state index contributed by atoms with van der Waals surface area (Å²) in [5, 5.41) is 0. The highest BCUT2D eigenvalue weighted by Crippen LogP contribution is 2.21. The molecule has 0 fully saturated rings. The molecule has 4 N–H and O–H groups in total. The predicted molar refractivity (Wildman–Crippen MR) is 71.8 cm³/mol. The average molecular weight is 248 g/mol. The highest BCUT2D eigenvalue weighted by molar-refractivity contribution is 5.80. The van der Waals surface area contributed by atoms with Gasteiger partial charge in [0.25, 0.3) is 0 Å². The summed E-state index contributed by atoms with van der Waals surface area (Å²) < 4.78 is 2.01. The molecule has 0 radical (unpaired) electrons. The number of nitrogens with two attached hydrogens (primary N) is 2. The molecule has 2 rings (SSSR count). The van der Waals surface area contributed by atoms with Gasteiger partial charge in [-0.15, -0.1) is 0 Å². The third-order valence-corrected chi connectivity index (χ3v) is 3.23. The van der Waals surface area contributed by atoms with Crippen molar-refractivity contribution >= 4 is 17.0 Å². The molecular formula is C12H20N6. The molecule has 0 saturated carbocycles. The van der Waals surface area contributed by atoms with Crippen molar-refractivity contribution < 1.29 is 0 Å². The molecule has 6 nitrogen and oxygen atoms in total. The highest BCUT2D eigenvalue weighted by Gasteiger charge is 2.15. The van der Waals surface area contributed by atoms with Gasteiger partial charge in [-0.25, -0.2) is 15.0 Å². The van der Waals surface area contributed by atoms with Crippen molar-refractivity contribution in [3.63, 3.8) is 0 Å². The van der Waals surface area contributed by atoms with Crippen molar-refractivity contribution in [2.45, 2.75) is 33.2 Å². The number of hydrogen-bond donors (Lipinski definition) is 2. The van der Waals surface area contributed by atoms with Crippen LogP contribution in [0.5, 0.6) is 0 Å². The van der Waals surface area contributed by atoms with Crippen molar-refractivity contribution in [2.24, 2.45) is 11.1 Å². The Hall–Kier alpha value is -1.69. The number of aryl methyl sites for hydroxylation is 1. The van der Waals surface area contributed by atoms with E-state index in [1.165, 1.54) is 6.33 Å². The van der Waals surface area contributed by atoms with Gasteiger partial charge in [0.05, 0.1) is 6.33 Å². The average Bonchev–Trinajstić information content (AvgIpc) is 2.74. The Morgan fingerprint density at radius 3 is 2.78 bits per heavy atom. The number of nitrogens with zero attached hydrogens (tertiary/aromatic N) is 4. The second kappa shape index (κ2) is 4.89. The van der Waals surface area contributed by atoms with Crippen LogP contribution in [-0.2, 0) is 6.54 Å². The van der Waals surface area contributed by atoms with E-state index in [1.54, 1.807) is 6.33 Å². The lowest BCUT2D eigenvalue weighted by molar-refractivity contribution is 0.328. The SMILES string of the molecule is CC(C)(CN)CCCn1cnc2c(N)ncnc21. The van der Waals surface area contributed by atoms with Crippen LogP contribution in [0.2, 0.25) is 0 Å². The zero-order valence-corrected chi connectivity index (χ0v) is 10.9. The molecule has 0 aliphatic carbocycles. The van der Waals surface area contributed by atoms with Crippen molar-refractivity contribution in [1.82, 2.24) is 19.5 Å². The van der Waals surface area contributed by atoms with Crippen LogP contribution in [0.3, 0.4) is 0 Å². The smallest absolute Gasteiger partial charge is 0.165 e. The lowest BCUT2D eigenvalue weighted by Gasteiger charge is -2.21. The van der Waals surface area contributed by atoms with E-state index >= 15 is 0 Å². The number of nitrogen functional groups attached to an aromatic ring is 1. The van der Waals surface area contributed by atoms with Crippen LogP contribution in [0.15, 0.2) is 12.7 Å². The lowest BCUT2D eigenvalue weighted by atomic mass is 9.88. The predicted octanol–water partition coefficient (Wildman–Crippen LogP) is 1.17. The molecule has 2 aromatic heterocycles. The fraction of sp³-hybridized carbons (Fsp3) is 0.583. The van der Waals surface area contributed by atoms with E-state index in [1.807, 2.05) is 4.57 Å². The van der Waals surface area contributed by atoms with Gasteiger partial charge in [-0.2, -0.15) is 0 Å². The summed E-state index contributed by atoms with van der Waals surface area (Å²) >= 11 is 0. The van der Waals surface area contributed by atoms with E-state index < -0.39 is 0 Å². The molecule has 0 amide bonds. The lowest BCUT2D eigenvalue weighted by Crippen LogP contribution is -2.23. The quantitative estimate of drug-likeness (QED) is 0.828. The van der Waals surface area contributed by atoms with E-state index in [0.29, 0.717) is 17.9 Å². The zero-order chi connectivity index (χ0) is 13.2. The van der Waals surface area contributed by atoms with Gasteiger partial charge in [0, 0.05) is 6.54 Å². The molecule has 18 heavy (non-hydrogen) atoms. The molecule has 0 bridgehead atoms. The molecule has 2 aromatic rings. The van der Waals surface area contributed by atoms with Gasteiger partial charge in [-0.05, 0) is 24.8 Å². The van der Waals surface area contributed by atoms with Crippen LogP contribution in [0.1, 0.15) is 26.7 Å².